The first kappa shape index (κ1) is 34.9. The zero-order chi connectivity index (χ0) is 40.7. The zero-order valence-corrected chi connectivity index (χ0v) is 34.2. The normalized spacial score (nSPS) is 11.9. The SMILES string of the molecule is c1ccc(-c2ccc3cc(-c4ccc(-c5ccc6oc7cccc(-c8nc(-c9cc%10ccccc%10c%10ccccc9%10)c9sc%10ccccc%10c9n8)c7c6c5)cc4)ccc3c2)cc1. The molecule has 13 rings (SSSR count). The molecule has 0 saturated heterocycles. The van der Waals surface area contributed by atoms with Crippen LogP contribution in [0.25, 0.3) is 131 Å². The monoisotopic (exact) mass is 806 g/mol. The summed E-state index contributed by atoms with van der Waals surface area (Å²) in [6.45, 7) is 0. The van der Waals surface area contributed by atoms with Crippen LogP contribution in [-0.4, -0.2) is 9.97 Å². The lowest BCUT2D eigenvalue weighted by atomic mass is 9.95. The fraction of sp³-hybridized carbons (Fsp3) is 0. The van der Waals surface area contributed by atoms with E-state index in [-0.39, 0.29) is 0 Å². The van der Waals surface area contributed by atoms with Gasteiger partial charge >= 0.3 is 0 Å². The highest BCUT2D eigenvalue weighted by molar-refractivity contribution is 7.26. The first-order valence-corrected chi connectivity index (χ1v) is 21.8. The molecule has 62 heavy (non-hydrogen) atoms. The fourth-order valence-corrected chi connectivity index (χ4v) is 10.6. The lowest BCUT2D eigenvalue weighted by Gasteiger charge is -2.13. The maximum Gasteiger partial charge on any atom is 0.161 e. The molecule has 0 aliphatic rings. The van der Waals surface area contributed by atoms with Crippen LogP contribution in [0.3, 0.4) is 0 Å². The zero-order valence-electron chi connectivity index (χ0n) is 33.3. The Kier molecular flexibility index (Phi) is 7.78. The Labute approximate surface area is 360 Å². The van der Waals surface area contributed by atoms with E-state index in [2.05, 4.69) is 206 Å². The second-order valence-electron chi connectivity index (χ2n) is 16.1. The van der Waals surface area contributed by atoms with Gasteiger partial charge in [0.2, 0.25) is 0 Å². The highest BCUT2D eigenvalue weighted by Gasteiger charge is 2.22. The Morgan fingerprint density at radius 3 is 1.74 bits per heavy atom. The third-order valence-corrected chi connectivity index (χ3v) is 13.6. The van der Waals surface area contributed by atoms with Gasteiger partial charge in [0.05, 0.1) is 15.9 Å². The molecule has 0 N–H and O–H groups in total. The summed E-state index contributed by atoms with van der Waals surface area (Å²) in [5.74, 6) is 0.683. The van der Waals surface area contributed by atoms with Crippen molar-refractivity contribution < 1.29 is 4.42 Å². The maximum absolute atomic E-state index is 6.56. The molecule has 13 aromatic rings. The van der Waals surface area contributed by atoms with E-state index in [1.165, 1.54) is 59.3 Å². The number of aromatic nitrogens is 2. The highest BCUT2D eigenvalue weighted by Crippen LogP contribution is 2.45. The molecule has 0 spiro atoms. The van der Waals surface area contributed by atoms with Crippen molar-refractivity contribution in [1.82, 2.24) is 9.97 Å². The van der Waals surface area contributed by atoms with E-state index in [4.69, 9.17) is 14.4 Å². The van der Waals surface area contributed by atoms with Crippen molar-refractivity contribution in [1.29, 1.82) is 0 Å². The number of hydrogen-bond donors (Lipinski definition) is 0. The smallest absolute Gasteiger partial charge is 0.161 e. The molecule has 0 radical (unpaired) electrons. The number of rotatable bonds is 5. The Balaban J connectivity index is 0.933. The van der Waals surface area contributed by atoms with E-state index in [1.54, 1.807) is 11.3 Å². The van der Waals surface area contributed by atoms with E-state index in [9.17, 15) is 0 Å². The van der Waals surface area contributed by atoms with Gasteiger partial charge in [-0.1, -0.05) is 164 Å². The van der Waals surface area contributed by atoms with E-state index < -0.39 is 0 Å². The lowest BCUT2D eigenvalue weighted by molar-refractivity contribution is 0.669. The molecule has 0 unspecified atom stereocenters. The van der Waals surface area contributed by atoms with Crippen molar-refractivity contribution in [2.45, 2.75) is 0 Å². The largest absolute Gasteiger partial charge is 0.456 e. The third kappa shape index (κ3) is 5.58. The minimum atomic E-state index is 0.683. The van der Waals surface area contributed by atoms with Crippen molar-refractivity contribution >= 4 is 85.9 Å². The van der Waals surface area contributed by atoms with Crippen molar-refractivity contribution in [2.24, 2.45) is 0 Å². The average molecular weight is 807 g/mol. The summed E-state index contributed by atoms with van der Waals surface area (Å²) in [6.07, 6.45) is 0. The summed E-state index contributed by atoms with van der Waals surface area (Å²) in [4.78, 5) is 11.0. The minimum absolute atomic E-state index is 0.683. The van der Waals surface area contributed by atoms with E-state index in [1.807, 2.05) is 0 Å². The van der Waals surface area contributed by atoms with Gasteiger partial charge in [-0.2, -0.15) is 0 Å². The summed E-state index contributed by atoms with van der Waals surface area (Å²) >= 11 is 1.76. The van der Waals surface area contributed by atoms with Crippen LogP contribution in [0.1, 0.15) is 0 Å². The molecule has 0 atom stereocenters. The molecular weight excluding hydrogens is 773 g/mol. The molecular formula is C58H34N2OS. The second-order valence-corrected chi connectivity index (χ2v) is 17.1. The topological polar surface area (TPSA) is 38.9 Å². The molecule has 0 fully saturated rings. The van der Waals surface area contributed by atoms with Crippen molar-refractivity contribution in [3.05, 3.63) is 206 Å². The van der Waals surface area contributed by atoms with Crippen molar-refractivity contribution in [3.8, 4) is 56.0 Å². The van der Waals surface area contributed by atoms with Crippen LogP contribution in [0, 0.1) is 0 Å². The Morgan fingerprint density at radius 2 is 0.968 bits per heavy atom. The lowest BCUT2D eigenvalue weighted by Crippen LogP contribution is -1.95. The first-order valence-electron chi connectivity index (χ1n) is 21.0. The quantitative estimate of drug-likeness (QED) is 0.163. The van der Waals surface area contributed by atoms with Crippen molar-refractivity contribution in [2.75, 3.05) is 0 Å². The van der Waals surface area contributed by atoms with Crippen LogP contribution in [0.2, 0.25) is 0 Å². The Hall–Kier alpha value is -7.92. The van der Waals surface area contributed by atoms with Crippen LogP contribution in [0.5, 0.6) is 0 Å². The van der Waals surface area contributed by atoms with Crippen LogP contribution < -0.4 is 0 Å². The number of fused-ring (bicyclic) bond motifs is 10. The number of furan rings is 1. The minimum Gasteiger partial charge on any atom is -0.456 e. The molecule has 3 nitrogen and oxygen atoms in total. The molecule has 3 aromatic heterocycles. The maximum atomic E-state index is 6.56. The van der Waals surface area contributed by atoms with Gasteiger partial charge in [0.15, 0.2) is 5.82 Å². The van der Waals surface area contributed by atoms with Crippen LogP contribution in [-0.2, 0) is 0 Å². The number of nitrogens with zero attached hydrogens (tertiary/aromatic N) is 2. The van der Waals surface area contributed by atoms with Crippen molar-refractivity contribution in [3.63, 3.8) is 0 Å². The van der Waals surface area contributed by atoms with Gasteiger partial charge in [-0.15, -0.1) is 11.3 Å². The molecule has 0 aliphatic carbocycles. The average Bonchev–Trinajstić information content (AvgIpc) is 3.92. The van der Waals surface area contributed by atoms with Gasteiger partial charge < -0.3 is 4.42 Å². The number of thiophene rings is 1. The van der Waals surface area contributed by atoms with E-state index in [0.717, 1.165) is 65.5 Å². The summed E-state index contributed by atoms with van der Waals surface area (Å²) in [7, 11) is 0. The molecule has 0 amide bonds. The second kappa shape index (κ2) is 13.8. The molecule has 0 aliphatic heterocycles. The summed E-state index contributed by atoms with van der Waals surface area (Å²) in [6, 6.07) is 73.9. The number of benzene rings is 10. The van der Waals surface area contributed by atoms with Gasteiger partial charge in [0, 0.05) is 32.0 Å². The van der Waals surface area contributed by atoms with Crippen LogP contribution in [0.15, 0.2) is 211 Å². The molecule has 0 bridgehead atoms. The van der Waals surface area contributed by atoms with Crippen LogP contribution >= 0.6 is 11.3 Å². The van der Waals surface area contributed by atoms with E-state index in [0.29, 0.717) is 5.82 Å². The molecule has 3 heterocycles. The molecule has 10 aromatic carbocycles. The standard InChI is InChI=1S/C58H34N2OS/c1-2-11-35(12-3-1)38-25-27-41-32-39(26-28-40(41)31-38)36-21-23-37(24-22-36)42-29-30-51-50(33-42)54-48(18-10-19-52(54)61-51)58-59-55-47-17-8-9-20-53(47)62-57(55)56(60-58)49-34-43-13-4-5-14-44(43)45-15-6-7-16-46(45)49/h1-34H. The molecule has 4 heteroatoms. The Morgan fingerprint density at radius 1 is 0.355 bits per heavy atom. The summed E-state index contributed by atoms with van der Waals surface area (Å²) in [5.41, 5.74) is 12.7. The predicted octanol–water partition coefficient (Wildman–Crippen LogP) is 16.5. The Bertz CT molecular complexity index is 3920. The van der Waals surface area contributed by atoms with E-state index >= 15 is 0 Å². The highest BCUT2D eigenvalue weighted by atomic mass is 32.1. The van der Waals surface area contributed by atoms with Gasteiger partial charge in [-0.05, 0) is 108 Å². The molecule has 288 valence electrons. The van der Waals surface area contributed by atoms with Gasteiger partial charge in [-0.3, -0.25) is 0 Å². The molecule has 0 saturated carbocycles. The van der Waals surface area contributed by atoms with Gasteiger partial charge in [0.1, 0.15) is 11.2 Å². The van der Waals surface area contributed by atoms with Gasteiger partial charge in [0.25, 0.3) is 0 Å². The number of hydrogen-bond acceptors (Lipinski definition) is 4. The predicted molar refractivity (Wildman–Crippen MR) is 262 cm³/mol. The fourth-order valence-electron chi connectivity index (χ4n) is 9.43. The summed E-state index contributed by atoms with van der Waals surface area (Å²) in [5, 5.41) is 10.5. The third-order valence-electron chi connectivity index (χ3n) is 12.5. The van der Waals surface area contributed by atoms with Gasteiger partial charge in [-0.25, -0.2) is 9.97 Å². The van der Waals surface area contributed by atoms with Crippen LogP contribution in [0.4, 0.5) is 0 Å². The summed E-state index contributed by atoms with van der Waals surface area (Å²) < 4.78 is 8.84. The first-order chi connectivity index (χ1) is 30.7.